The van der Waals surface area contributed by atoms with Gasteiger partial charge in [0.25, 0.3) is 11.8 Å². The van der Waals surface area contributed by atoms with Crippen LogP contribution in [0.15, 0.2) is 60.7 Å². The quantitative estimate of drug-likeness (QED) is 0.0573. The first-order valence-corrected chi connectivity index (χ1v) is 22.3. The lowest BCUT2D eigenvalue weighted by molar-refractivity contribution is -0.516. The van der Waals surface area contributed by atoms with Gasteiger partial charge in [0.15, 0.2) is 0 Å². The number of halogens is 4. The van der Waals surface area contributed by atoms with E-state index in [1.54, 1.807) is 20.8 Å². The summed E-state index contributed by atoms with van der Waals surface area (Å²) < 4.78 is 94.9. The summed E-state index contributed by atoms with van der Waals surface area (Å²) in [5, 5.41) is 16.5. The molecule has 0 aromatic heterocycles. The summed E-state index contributed by atoms with van der Waals surface area (Å²) in [5.74, 6) is -11.3. The number of carbonyl (C=O) groups excluding carboxylic acids is 4. The average molecular weight is 943 g/mol. The fourth-order valence-corrected chi connectivity index (χ4v) is 8.30. The second-order valence-corrected chi connectivity index (χ2v) is 16.5. The van der Waals surface area contributed by atoms with Gasteiger partial charge in [-0.1, -0.05) is 88.4 Å². The summed E-state index contributed by atoms with van der Waals surface area (Å²) in [6.45, 7) is 12.8. The molecule has 4 rings (SSSR count). The number of nitrogens with zero attached hydrogens (tertiary/aromatic N) is 1. The molecule has 20 heteroatoms. The fourth-order valence-electron chi connectivity index (χ4n) is 8.30. The summed E-state index contributed by atoms with van der Waals surface area (Å²) in [4.78, 5) is 57.9. The number of esters is 2. The van der Waals surface area contributed by atoms with E-state index in [0.29, 0.717) is 12.8 Å². The molecule has 2 aliphatic heterocycles. The monoisotopic (exact) mass is 942 g/mol. The number of nitrogens with two attached hydrogens (primary N) is 1. The highest BCUT2D eigenvalue weighted by Crippen LogP contribution is 2.41. The van der Waals surface area contributed by atoms with E-state index in [1.165, 1.54) is 20.8 Å². The number of benzene rings is 2. The third-order valence-electron chi connectivity index (χ3n) is 11.5. The maximum absolute atomic E-state index is 15.6. The Labute approximate surface area is 383 Å². The normalized spacial score (nSPS) is 26.4. The lowest BCUT2D eigenvalue weighted by atomic mass is 9.82. The van der Waals surface area contributed by atoms with Crippen LogP contribution >= 0.6 is 0 Å². The second-order valence-electron chi connectivity index (χ2n) is 16.5. The molecule has 0 spiro atoms. The van der Waals surface area contributed by atoms with E-state index in [2.05, 4.69) is 15.4 Å². The predicted molar refractivity (Wildman–Crippen MR) is 233 cm³/mol. The zero-order valence-corrected chi connectivity index (χ0v) is 38.8. The number of amides is 2. The molecule has 0 radical (unpaired) electrons. The van der Waals surface area contributed by atoms with Crippen molar-refractivity contribution in [3.05, 3.63) is 81.9 Å². The van der Waals surface area contributed by atoms with Gasteiger partial charge in [0, 0.05) is 37.0 Å². The maximum Gasteiger partial charge on any atom is 0.381 e. The van der Waals surface area contributed by atoms with E-state index in [-0.39, 0.29) is 38.3 Å². The van der Waals surface area contributed by atoms with Gasteiger partial charge in [-0.15, -0.1) is 0 Å². The topological polar surface area (TPSA) is 217 Å². The van der Waals surface area contributed by atoms with Gasteiger partial charge in [-0.3, -0.25) is 24.5 Å². The van der Waals surface area contributed by atoms with Gasteiger partial charge in [-0.05, 0) is 37.8 Å². The lowest BCUT2D eigenvalue weighted by Crippen LogP contribution is -2.66. The number of rotatable bonds is 21. The minimum absolute atomic E-state index is 0.0391. The Morgan fingerprint density at radius 3 is 1.42 bits per heavy atom. The Balaban J connectivity index is 0.000000351. The Morgan fingerprint density at radius 1 is 0.697 bits per heavy atom. The molecule has 2 aromatic carbocycles. The smallest absolute Gasteiger partial charge is 0.381 e. The molecule has 2 unspecified atom stereocenters. The number of carbonyl (C=O) groups is 4. The molecule has 12 atom stereocenters. The summed E-state index contributed by atoms with van der Waals surface area (Å²) in [5.41, 5.74) is 7.38. The molecular weight excluding hydrogens is 877 g/mol. The van der Waals surface area contributed by atoms with Crippen molar-refractivity contribution < 1.29 is 70.1 Å². The molecular formula is C46H66F4N4O12. The van der Waals surface area contributed by atoms with Crippen molar-refractivity contribution in [1.82, 2.24) is 10.6 Å². The largest absolute Gasteiger partial charge is 0.465 e. The van der Waals surface area contributed by atoms with Crippen LogP contribution in [0, 0.1) is 22.0 Å². The first-order chi connectivity index (χ1) is 31.1. The van der Waals surface area contributed by atoms with E-state index in [4.69, 9.17) is 29.4 Å². The summed E-state index contributed by atoms with van der Waals surface area (Å²) in [6.07, 6.45) is -7.98. The molecule has 2 amide bonds. The molecule has 0 saturated carbocycles. The van der Waals surface area contributed by atoms with Crippen LogP contribution in [0.2, 0.25) is 0 Å². The zero-order valence-electron chi connectivity index (χ0n) is 38.8. The van der Waals surface area contributed by atoms with Crippen molar-refractivity contribution in [2.75, 3.05) is 13.2 Å². The van der Waals surface area contributed by atoms with Crippen LogP contribution < -0.4 is 16.4 Å². The molecule has 66 heavy (non-hydrogen) atoms. The Morgan fingerprint density at radius 2 is 1.08 bits per heavy atom. The molecule has 0 aliphatic carbocycles. The molecule has 4 N–H and O–H groups in total. The van der Waals surface area contributed by atoms with Crippen LogP contribution in [0.5, 0.6) is 0 Å². The van der Waals surface area contributed by atoms with Crippen molar-refractivity contribution in [2.24, 2.45) is 17.6 Å². The van der Waals surface area contributed by atoms with Gasteiger partial charge in [0.1, 0.15) is 18.2 Å². The molecule has 16 nitrogen and oxygen atoms in total. The van der Waals surface area contributed by atoms with Gasteiger partial charge < -0.3 is 44.8 Å². The third-order valence-corrected chi connectivity index (χ3v) is 11.5. The number of nitro groups is 1. The van der Waals surface area contributed by atoms with Gasteiger partial charge in [-0.25, -0.2) is 22.4 Å². The lowest BCUT2D eigenvalue weighted by Gasteiger charge is -2.48. The predicted octanol–water partition coefficient (Wildman–Crippen LogP) is 5.93. The Bertz CT molecular complexity index is 1850. The van der Waals surface area contributed by atoms with E-state index in [1.807, 2.05) is 74.5 Å². The molecule has 2 aromatic rings. The van der Waals surface area contributed by atoms with Crippen LogP contribution in [0.1, 0.15) is 92.2 Å². The van der Waals surface area contributed by atoms with Gasteiger partial charge in [-0.2, -0.15) is 0 Å². The first kappa shape index (κ1) is 55.6. The first-order valence-electron chi connectivity index (χ1n) is 22.3. The molecule has 2 saturated heterocycles. The number of nitrogens with one attached hydrogen (secondary N) is 2. The molecule has 2 fully saturated rings. The van der Waals surface area contributed by atoms with Crippen LogP contribution in [0.3, 0.4) is 0 Å². The molecule has 2 heterocycles. The fraction of sp³-hybridized carbons (Fsp3) is 0.652. The number of alkyl halides is 4. The summed E-state index contributed by atoms with van der Waals surface area (Å²) >= 11 is 0. The van der Waals surface area contributed by atoms with Gasteiger partial charge in [0.2, 0.25) is 11.8 Å². The number of hydrogen-bond donors (Lipinski definition) is 3. The van der Waals surface area contributed by atoms with E-state index >= 15 is 17.6 Å². The SMILES string of the molecule is CCOC(=O)C(CC(F)(F)[C@H]1O[C@H](CC)[C@H](C)[C@H](OCc2ccccc2)[C@H]1NC(C)=O)[N+](=O)[O-].CCOC(=O)C(N)CC(F)(F)[C@H]1O[C@H](CC)[C@H](C)[C@H](OCc2ccccc2)[C@H]1NC(C)=O. The van der Waals surface area contributed by atoms with Crippen LogP contribution in [0.4, 0.5) is 17.6 Å². The van der Waals surface area contributed by atoms with Crippen molar-refractivity contribution >= 4 is 23.8 Å². The molecule has 370 valence electrons. The Hall–Kier alpha value is -4.76. The van der Waals surface area contributed by atoms with Crippen LogP contribution in [-0.2, 0) is 60.8 Å². The minimum atomic E-state index is -3.85. The second kappa shape index (κ2) is 26.0. The average Bonchev–Trinajstić information content (AvgIpc) is 3.25. The van der Waals surface area contributed by atoms with E-state index in [9.17, 15) is 29.3 Å². The van der Waals surface area contributed by atoms with E-state index < -0.39 is 114 Å². The van der Waals surface area contributed by atoms with Crippen molar-refractivity contribution in [3.8, 4) is 0 Å². The highest BCUT2D eigenvalue weighted by molar-refractivity contribution is 5.76. The third kappa shape index (κ3) is 15.7. The highest BCUT2D eigenvalue weighted by atomic mass is 19.3. The zero-order chi connectivity index (χ0) is 49.4. The molecule has 2 aliphatic rings. The van der Waals surface area contributed by atoms with E-state index in [0.717, 1.165) is 11.1 Å². The van der Waals surface area contributed by atoms with Crippen LogP contribution in [-0.4, -0.2) is 115 Å². The standard InChI is InChI=1S/C23H32F2N2O7.C23H34F2N2O5/c1-5-18-14(3)20(33-13-16-10-8-7-9-11-16)19(26-15(4)28)21(34-18)23(24,25)12-17(27(30)31)22(29)32-6-2;1-5-18-14(3)20(31-13-16-10-8-7-9-11-16)19(27-15(4)28)21(32-18)23(24,25)12-17(26)22(29)30-6-2/h7-11,14,17-21H,5-6,12-13H2,1-4H3,(H,26,28);7-11,14,17-21H,5-6,12-13,26H2,1-4H3,(H,27,28)/t2*14-,17?,18+,19+,20-,21-/m00/s1. The van der Waals surface area contributed by atoms with Crippen molar-refractivity contribution in [3.63, 3.8) is 0 Å². The maximum atomic E-state index is 15.6. The van der Waals surface area contributed by atoms with Gasteiger partial charge in [0.05, 0.1) is 69.3 Å². The summed E-state index contributed by atoms with van der Waals surface area (Å²) in [6, 6.07) is 12.2. The molecule has 0 bridgehead atoms. The summed E-state index contributed by atoms with van der Waals surface area (Å²) in [7, 11) is 0. The highest BCUT2D eigenvalue weighted by Gasteiger charge is 2.58. The Kier molecular flexibility index (Phi) is 21.9. The number of hydrogen-bond acceptors (Lipinski definition) is 13. The number of ether oxygens (including phenoxy) is 6. The van der Waals surface area contributed by atoms with Crippen LogP contribution in [0.25, 0.3) is 0 Å². The van der Waals surface area contributed by atoms with Gasteiger partial charge >= 0.3 is 18.0 Å². The minimum Gasteiger partial charge on any atom is -0.465 e. The van der Waals surface area contributed by atoms with Crippen molar-refractivity contribution in [2.45, 2.75) is 167 Å². The van der Waals surface area contributed by atoms with Crippen molar-refractivity contribution in [1.29, 1.82) is 0 Å².